The van der Waals surface area contributed by atoms with E-state index in [-0.39, 0.29) is 13.1 Å². The Morgan fingerprint density at radius 3 is 2.71 bits per heavy atom. The number of sulfonamides is 1. The lowest BCUT2D eigenvalue weighted by Gasteiger charge is -2.28. The summed E-state index contributed by atoms with van der Waals surface area (Å²) in [5.74, 6) is -3.37. The van der Waals surface area contributed by atoms with E-state index in [2.05, 4.69) is 0 Å². The van der Waals surface area contributed by atoms with E-state index in [1.807, 2.05) is 0 Å². The molecule has 1 heterocycles. The van der Waals surface area contributed by atoms with Gasteiger partial charge in [-0.05, 0) is 23.6 Å². The number of hydrogen-bond donors (Lipinski definition) is 1. The first kappa shape index (κ1) is 12.3. The fraction of sp³-hybridized carbons (Fsp3) is 0.400. The average molecular weight is 262 g/mol. The number of rotatable bonds is 2. The number of nitrogens with zero attached hydrogens (tertiary/aromatic N) is 1. The molecule has 1 aliphatic heterocycles. The molecule has 94 valence electrons. The van der Waals surface area contributed by atoms with Gasteiger partial charge in [-0.2, -0.15) is 13.1 Å². The summed E-state index contributed by atoms with van der Waals surface area (Å²) in [7, 11) is -4.50. The van der Waals surface area contributed by atoms with Gasteiger partial charge in [-0.3, -0.25) is 0 Å². The zero-order valence-electron chi connectivity index (χ0n) is 8.94. The summed E-state index contributed by atoms with van der Waals surface area (Å²) in [6, 6.07) is 5.11. The minimum atomic E-state index is -4.50. The van der Waals surface area contributed by atoms with E-state index in [0.717, 1.165) is 9.87 Å². The smallest absolute Gasteiger partial charge is 0.350 e. The van der Waals surface area contributed by atoms with E-state index in [1.54, 1.807) is 18.2 Å². The molecule has 4 nitrogen and oxygen atoms in total. The number of halogens is 2. The number of hydrogen-bond acceptors (Lipinski definition) is 3. The minimum Gasteiger partial charge on any atom is -0.398 e. The second kappa shape index (κ2) is 4.23. The monoisotopic (exact) mass is 262 g/mol. The molecule has 1 aromatic rings. The van der Waals surface area contributed by atoms with Crippen LogP contribution in [0.5, 0.6) is 0 Å². The Kier molecular flexibility index (Phi) is 3.05. The normalized spacial score (nSPS) is 17.1. The van der Waals surface area contributed by atoms with Crippen LogP contribution in [0.2, 0.25) is 0 Å². The number of benzene rings is 1. The predicted octanol–water partition coefficient (Wildman–Crippen LogP) is 1.18. The fourth-order valence-corrected chi connectivity index (χ4v) is 2.83. The van der Waals surface area contributed by atoms with E-state index in [9.17, 15) is 17.2 Å². The molecule has 2 N–H and O–H groups in total. The van der Waals surface area contributed by atoms with Crippen LogP contribution in [0, 0.1) is 0 Å². The Hall–Kier alpha value is -1.21. The molecular formula is C10H12F2N2O2S. The molecule has 0 saturated carbocycles. The van der Waals surface area contributed by atoms with Crippen molar-refractivity contribution in [3.63, 3.8) is 0 Å². The molecule has 0 unspecified atom stereocenters. The van der Waals surface area contributed by atoms with Gasteiger partial charge in [-0.15, -0.1) is 0 Å². The summed E-state index contributed by atoms with van der Waals surface area (Å²) in [6.45, 7) is 0.0148. The van der Waals surface area contributed by atoms with Crippen LogP contribution in [0.1, 0.15) is 11.1 Å². The van der Waals surface area contributed by atoms with Crippen LogP contribution in [-0.4, -0.2) is 25.0 Å². The SMILES string of the molecule is Nc1cccc2c1CCN(S(=O)(=O)C(F)F)C2. The molecule has 1 aliphatic rings. The summed E-state index contributed by atoms with van der Waals surface area (Å²) in [5, 5.41) is 0. The van der Waals surface area contributed by atoms with Crippen LogP contribution in [-0.2, 0) is 23.0 Å². The average Bonchev–Trinajstić information content (AvgIpc) is 2.28. The summed E-state index contributed by atoms with van der Waals surface area (Å²) in [5.41, 5.74) is 7.87. The van der Waals surface area contributed by atoms with Crippen LogP contribution >= 0.6 is 0 Å². The van der Waals surface area contributed by atoms with E-state index < -0.39 is 15.8 Å². The van der Waals surface area contributed by atoms with Gasteiger partial charge >= 0.3 is 5.76 Å². The highest BCUT2D eigenvalue weighted by Gasteiger charge is 2.34. The van der Waals surface area contributed by atoms with Gasteiger partial charge in [0.1, 0.15) is 0 Å². The Bertz CT molecular complexity index is 531. The minimum absolute atomic E-state index is 0.0347. The zero-order valence-corrected chi connectivity index (χ0v) is 9.75. The molecular weight excluding hydrogens is 250 g/mol. The molecule has 0 spiro atoms. The molecule has 2 rings (SSSR count). The van der Waals surface area contributed by atoms with Gasteiger partial charge in [0.25, 0.3) is 10.0 Å². The second-order valence-corrected chi connectivity index (χ2v) is 5.78. The lowest BCUT2D eigenvalue weighted by atomic mass is 9.99. The van der Waals surface area contributed by atoms with Crippen LogP contribution in [0.25, 0.3) is 0 Å². The summed E-state index contributed by atoms with van der Waals surface area (Å²) in [6.07, 6.45) is 0.369. The summed E-state index contributed by atoms with van der Waals surface area (Å²) >= 11 is 0. The fourth-order valence-electron chi connectivity index (χ4n) is 1.94. The topological polar surface area (TPSA) is 63.4 Å². The second-order valence-electron chi connectivity index (χ2n) is 3.87. The third-order valence-corrected chi connectivity index (χ3v) is 4.33. The van der Waals surface area contributed by atoms with Crippen LogP contribution in [0.3, 0.4) is 0 Å². The Morgan fingerprint density at radius 1 is 1.35 bits per heavy atom. The third kappa shape index (κ3) is 2.12. The number of anilines is 1. The molecule has 0 fully saturated rings. The van der Waals surface area contributed by atoms with Crippen molar-refractivity contribution in [2.75, 3.05) is 12.3 Å². The van der Waals surface area contributed by atoms with Crippen molar-refractivity contribution in [3.05, 3.63) is 29.3 Å². The highest BCUT2D eigenvalue weighted by molar-refractivity contribution is 7.89. The standard InChI is InChI=1S/C10H12F2N2O2S/c11-10(12)17(15,16)14-5-4-8-7(6-14)2-1-3-9(8)13/h1-3,10H,4-6,13H2. The molecule has 0 saturated heterocycles. The zero-order chi connectivity index (χ0) is 12.6. The van der Waals surface area contributed by atoms with E-state index in [4.69, 9.17) is 5.73 Å². The van der Waals surface area contributed by atoms with Gasteiger partial charge in [0.15, 0.2) is 0 Å². The molecule has 17 heavy (non-hydrogen) atoms. The molecule has 0 radical (unpaired) electrons. The number of nitrogens with two attached hydrogens (primary N) is 1. The lowest BCUT2D eigenvalue weighted by molar-refractivity contribution is 0.216. The summed E-state index contributed by atoms with van der Waals surface area (Å²) < 4.78 is 48.3. The Morgan fingerprint density at radius 2 is 2.06 bits per heavy atom. The van der Waals surface area contributed by atoms with Crippen molar-refractivity contribution >= 4 is 15.7 Å². The first-order chi connectivity index (χ1) is 7.93. The van der Waals surface area contributed by atoms with Crippen LogP contribution < -0.4 is 5.73 Å². The maximum atomic E-state index is 12.4. The Balaban J connectivity index is 2.32. The van der Waals surface area contributed by atoms with Crippen LogP contribution in [0.4, 0.5) is 14.5 Å². The molecule has 0 aromatic heterocycles. The first-order valence-corrected chi connectivity index (χ1v) is 6.56. The molecule has 7 heteroatoms. The third-order valence-electron chi connectivity index (χ3n) is 2.85. The maximum absolute atomic E-state index is 12.4. The van der Waals surface area contributed by atoms with Crippen molar-refractivity contribution < 1.29 is 17.2 Å². The van der Waals surface area contributed by atoms with Gasteiger partial charge in [0.05, 0.1) is 0 Å². The van der Waals surface area contributed by atoms with Crippen molar-refractivity contribution in [1.82, 2.24) is 4.31 Å². The van der Waals surface area contributed by atoms with Gasteiger partial charge in [0, 0.05) is 18.8 Å². The Labute approximate surface area is 98.1 Å². The molecule has 0 aliphatic carbocycles. The molecule has 0 amide bonds. The van der Waals surface area contributed by atoms with Crippen molar-refractivity contribution in [2.45, 2.75) is 18.7 Å². The van der Waals surface area contributed by atoms with Crippen molar-refractivity contribution in [3.8, 4) is 0 Å². The van der Waals surface area contributed by atoms with Gasteiger partial charge in [-0.1, -0.05) is 12.1 Å². The van der Waals surface area contributed by atoms with Crippen molar-refractivity contribution in [1.29, 1.82) is 0 Å². The first-order valence-electron chi connectivity index (χ1n) is 5.06. The van der Waals surface area contributed by atoms with E-state index >= 15 is 0 Å². The molecule has 0 bridgehead atoms. The van der Waals surface area contributed by atoms with Crippen LogP contribution in [0.15, 0.2) is 18.2 Å². The van der Waals surface area contributed by atoms with Gasteiger partial charge in [0.2, 0.25) is 0 Å². The molecule has 0 atom stereocenters. The quantitative estimate of drug-likeness (QED) is 0.814. The van der Waals surface area contributed by atoms with E-state index in [1.165, 1.54) is 0 Å². The number of alkyl halides is 2. The maximum Gasteiger partial charge on any atom is 0.350 e. The van der Waals surface area contributed by atoms with Gasteiger partial charge < -0.3 is 5.73 Å². The number of nitrogen functional groups attached to an aromatic ring is 1. The molecule has 1 aromatic carbocycles. The highest BCUT2D eigenvalue weighted by atomic mass is 32.2. The lowest BCUT2D eigenvalue weighted by Crippen LogP contribution is -2.39. The summed E-state index contributed by atoms with van der Waals surface area (Å²) in [4.78, 5) is 0. The van der Waals surface area contributed by atoms with Gasteiger partial charge in [-0.25, -0.2) is 8.42 Å². The largest absolute Gasteiger partial charge is 0.398 e. The van der Waals surface area contributed by atoms with Crippen molar-refractivity contribution in [2.24, 2.45) is 0 Å². The number of fused-ring (bicyclic) bond motifs is 1. The van der Waals surface area contributed by atoms with E-state index in [0.29, 0.717) is 17.7 Å². The highest BCUT2D eigenvalue weighted by Crippen LogP contribution is 2.27. The predicted molar refractivity (Wildman–Crippen MR) is 59.9 cm³/mol.